The van der Waals surface area contributed by atoms with Crippen LogP contribution < -0.4 is 24.8 Å². The number of hydrogen-bond acceptors (Lipinski definition) is 4. The minimum Gasteiger partial charge on any atom is -0.493 e. The van der Waals surface area contributed by atoms with Gasteiger partial charge < -0.3 is 24.8 Å². The average Bonchev–Trinajstić information content (AvgIpc) is 3.12. The molecule has 1 aliphatic heterocycles. The highest BCUT2D eigenvalue weighted by molar-refractivity contribution is 14.0. The van der Waals surface area contributed by atoms with E-state index < -0.39 is 0 Å². The van der Waals surface area contributed by atoms with Crippen molar-refractivity contribution in [3.63, 3.8) is 0 Å². The minimum absolute atomic E-state index is 0. The Balaban J connectivity index is 0.00000280. The van der Waals surface area contributed by atoms with E-state index in [1.54, 1.807) is 14.2 Å². The number of hydrogen-bond donors (Lipinski definition) is 2. The summed E-state index contributed by atoms with van der Waals surface area (Å²) in [7, 11) is 3.41. The van der Waals surface area contributed by atoms with E-state index in [0.29, 0.717) is 19.7 Å². The fraction of sp³-hybridized carbons (Fsp3) is 0.381. The van der Waals surface area contributed by atoms with Crippen molar-refractivity contribution >= 4 is 29.9 Å². The van der Waals surface area contributed by atoms with Crippen LogP contribution in [0.4, 0.5) is 0 Å². The molecule has 6 nitrogen and oxygen atoms in total. The summed E-state index contributed by atoms with van der Waals surface area (Å²) in [6.45, 7) is 3.89. The monoisotopic (exact) mass is 497 g/mol. The molecule has 0 amide bonds. The average molecular weight is 497 g/mol. The molecule has 7 heteroatoms. The molecule has 1 unspecified atom stereocenters. The van der Waals surface area contributed by atoms with E-state index in [-0.39, 0.29) is 30.1 Å². The summed E-state index contributed by atoms with van der Waals surface area (Å²) in [6, 6.07) is 14.1. The van der Waals surface area contributed by atoms with Crippen molar-refractivity contribution in [1.82, 2.24) is 10.6 Å². The van der Waals surface area contributed by atoms with Crippen LogP contribution in [-0.4, -0.2) is 39.4 Å². The summed E-state index contributed by atoms with van der Waals surface area (Å²) in [5.74, 6) is 3.21. The zero-order valence-corrected chi connectivity index (χ0v) is 18.9. The number of rotatable bonds is 7. The van der Waals surface area contributed by atoms with Gasteiger partial charge in [0.1, 0.15) is 11.9 Å². The number of para-hydroxylation sites is 1. The van der Waals surface area contributed by atoms with Gasteiger partial charge in [-0.1, -0.05) is 24.3 Å². The first-order chi connectivity index (χ1) is 13.2. The van der Waals surface area contributed by atoms with Gasteiger partial charge >= 0.3 is 0 Å². The lowest BCUT2D eigenvalue weighted by Crippen LogP contribution is -2.41. The molecule has 1 aliphatic rings. The lowest BCUT2D eigenvalue weighted by Gasteiger charge is -2.16. The van der Waals surface area contributed by atoms with Crippen LogP contribution in [0.2, 0.25) is 0 Å². The molecular weight excluding hydrogens is 469 g/mol. The molecule has 0 fully saturated rings. The topological polar surface area (TPSA) is 64.1 Å². The van der Waals surface area contributed by atoms with E-state index >= 15 is 0 Å². The molecule has 0 aromatic heterocycles. The number of nitrogens with zero attached hydrogens (tertiary/aromatic N) is 1. The second-order valence-electron chi connectivity index (χ2n) is 6.28. The van der Waals surface area contributed by atoms with Gasteiger partial charge in [0.05, 0.1) is 20.3 Å². The third kappa shape index (κ3) is 5.67. The van der Waals surface area contributed by atoms with Crippen LogP contribution in [0.5, 0.6) is 17.2 Å². The van der Waals surface area contributed by atoms with Gasteiger partial charge in [0, 0.05) is 20.0 Å². The lowest BCUT2D eigenvalue weighted by molar-refractivity contribution is 0.235. The molecule has 1 heterocycles. The summed E-state index contributed by atoms with van der Waals surface area (Å²) in [5.41, 5.74) is 2.34. The minimum atomic E-state index is 0. The van der Waals surface area contributed by atoms with Gasteiger partial charge in [-0.05, 0) is 36.2 Å². The van der Waals surface area contributed by atoms with Crippen molar-refractivity contribution in [2.24, 2.45) is 4.99 Å². The zero-order valence-electron chi connectivity index (χ0n) is 16.5. The van der Waals surface area contributed by atoms with E-state index in [0.717, 1.165) is 35.2 Å². The highest BCUT2D eigenvalue weighted by atomic mass is 127. The molecule has 28 heavy (non-hydrogen) atoms. The summed E-state index contributed by atoms with van der Waals surface area (Å²) in [4.78, 5) is 4.29. The fourth-order valence-corrected chi connectivity index (χ4v) is 3.08. The normalized spacial score (nSPS) is 15.1. The van der Waals surface area contributed by atoms with Crippen molar-refractivity contribution in [3.8, 4) is 17.2 Å². The molecule has 0 bridgehead atoms. The van der Waals surface area contributed by atoms with Crippen molar-refractivity contribution in [2.45, 2.75) is 26.0 Å². The summed E-state index contributed by atoms with van der Waals surface area (Å²) >= 11 is 0. The molecular formula is C21H28IN3O3. The Labute approximate surface area is 183 Å². The predicted molar refractivity (Wildman–Crippen MR) is 122 cm³/mol. The van der Waals surface area contributed by atoms with E-state index in [2.05, 4.69) is 21.7 Å². The second-order valence-corrected chi connectivity index (χ2v) is 6.28. The largest absolute Gasteiger partial charge is 0.493 e. The first-order valence-electron chi connectivity index (χ1n) is 9.22. The number of benzene rings is 2. The van der Waals surface area contributed by atoms with E-state index in [4.69, 9.17) is 14.2 Å². The third-order valence-corrected chi connectivity index (χ3v) is 4.42. The Morgan fingerprint density at radius 2 is 2.00 bits per heavy atom. The van der Waals surface area contributed by atoms with E-state index in [1.165, 1.54) is 5.56 Å². The molecule has 2 N–H and O–H groups in total. The van der Waals surface area contributed by atoms with Gasteiger partial charge in [-0.3, -0.25) is 4.99 Å². The maximum Gasteiger partial charge on any atom is 0.191 e. The molecule has 2 aromatic carbocycles. The van der Waals surface area contributed by atoms with Crippen molar-refractivity contribution in [3.05, 3.63) is 53.6 Å². The van der Waals surface area contributed by atoms with Crippen LogP contribution in [0.15, 0.2) is 47.5 Å². The van der Waals surface area contributed by atoms with Gasteiger partial charge in [-0.25, -0.2) is 0 Å². The van der Waals surface area contributed by atoms with Crippen LogP contribution in [0.1, 0.15) is 18.1 Å². The fourth-order valence-electron chi connectivity index (χ4n) is 3.08. The van der Waals surface area contributed by atoms with Crippen LogP contribution in [0.3, 0.4) is 0 Å². The molecule has 0 spiro atoms. The number of ether oxygens (including phenoxy) is 3. The predicted octanol–water partition coefficient (Wildman–Crippen LogP) is 3.38. The number of methoxy groups -OCH3 is 1. The molecule has 2 aromatic rings. The smallest absolute Gasteiger partial charge is 0.191 e. The van der Waals surface area contributed by atoms with Gasteiger partial charge in [0.2, 0.25) is 0 Å². The van der Waals surface area contributed by atoms with Crippen molar-refractivity contribution in [2.75, 3.05) is 27.3 Å². The molecule has 0 radical (unpaired) electrons. The van der Waals surface area contributed by atoms with Crippen molar-refractivity contribution in [1.29, 1.82) is 0 Å². The van der Waals surface area contributed by atoms with Gasteiger partial charge in [0.15, 0.2) is 17.5 Å². The number of aliphatic imine (C=N–C) groups is 1. The van der Waals surface area contributed by atoms with Gasteiger partial charge in [-0.2, -0.15) is 0 Å². The Hall–Kier alpha value is -2.16. The molecule has 152 valence electrons. The first kappa shape index (κ1) is 22.1. The van der Waals surface area contributed by atoms with E-state index in [1.807, 2.05) is 43.3 Å². The highest BCUT2D eigenvalue weighted by Crippen LogP contribution is 2.28. The van der Waals surface area contributed by atoms with Crippen LogP contribution in [0, 0.1) is 0 Å². The summed E-state index contributed by atoms with van der Waals surface area (Å²) < 4.78 is 16.9. The maximum absolute atomic E-state index is 5.96. The SMILES string of the molecule is CCOc1ccc(CNC(=NC)NCC2Cc3ccccc3O2)cc1OC.I. The molecule has 0 saturated heterocycles. The number of nitrogens with one attached hydrogen (secondary N) is 2. The zero-order chi connectivity index (χ0) is 19.1. The first-order valence-corrected chi connectivity index (χ1v) is 9.22. The van der Waals surface area contributed by atoms with Crippen molar-refractivity contribution < 1.29 is 14.2 Å². The summed E-state index contributed by atoms with van der Waals surface area (Å²) in [5, 5.41) is 6.66. The van der Waals surface area contributed by atoms with Gasteiger partial charge in [-0.15, -0.1) is 24.0 Å². The Morgan fingerprint density at radius 3 is 2.71 bits per heavy atom. The maximum atomic E-state index is 5.96. The lowest BCUT2D eigenvalue weighted by atomic mass is 10.1. The third-order valence-electron chi connectivity index (χ3n) is 4.42. The number of halogens is 1. The Morgan fingerprint density at radius 1 is 1.18 bits per heavy atom. The number of guanidine groups is 1. The summed E-state index contributed by atoms with van der Waals surface area (Å²) in [6.07, 6.45) is 1.03. The molecule has 0 aliphatic carbocycles. The molecule has 0 saturated carbocycles. The quantitative estimate of drug-likeness (QED) is 0.349. The molecule has 1 atom stereocenters. The Bertz CT molecular complexity index is 773. The van der Waals surface area contributed by atoms with E-state index in [9.17, 15) is 0 Å². The van der Waals surface area contributed by atoms with Gasteiger partial charge in [0.25, 0.3) is 0 Å². The Kier molecular flexibility index (Phi) is 8.69. The van der Waals surface area contributed by atoms with Crippen LogP contribution in [-0.2, 0) is 13.0 Å². The standard InChI is InChI=1S/C21H27N3O3.HI/c1-4-26-19-10-9-15(11-20(19)25-3)13-23-21(22-2)24-14-17-12-16-7-5-6-8-18(16)27-17;/h5-11,17H,4,12-14H2,1-3H3,(H2,22,23,24);1H. The van der Waals surface area contributed by atoms with Crippen LogP contribution >= 0.6 is 24.0 Å². The number of fused-ring (bicyclic) bond motifs is 1. The highest BCUT2D eigenvalue weighted by Gasteiger charge is 2.22. The van der Waals surface area contributed by atoms with Crippen LogP contribution in [0.25, 0.3) is 0 Å². The molecule has 3 rings (SSSR count). The second kappa shape index (κ2) is 11.0.